The molecule has 0 unspecified atom stereocenters. The van der Waals surface area contributed by atoms with Crippen LogP contribution in [-0.2, 0) is 4.43 Å². The van der Waals surface area contributed by atoms with Gasteiger partial charge in [-0.05, 0) is 44.1 Å². The molecular formula is C22H39ClO2Si. The maximum absolute atomic E-state index is 6.22. The fraction of sp³-hybridized carbons (Fsp3) is 0.727. The van der Waals surface area contributed by atoms with Crippen molar-refractivity contribution in [3.63, 3.8) is 0 Å². The highest BCUT2D eigenvalue weighted by atomic mass is 35.5. The molecule has 150 valence electrons. The third-order valence-electron chi connectivity index (χ3n) is 4.64. The van der Waals surface area contributed by atoms with Gasteiger partial charge in [-0.3, -0.25) is 0 Å². The van der Waals surface area contributed by atoms with Gasteiger partial charge in [-0.1, -0.05) is 88.8 Å². The molecule has 0 radical (unpaired) electrons. The monoisotopic (exact) mass is 398 g/mol. The lowest BCUT2D eigenvalue weighted by Gasteiger charge is -2.24. The molecule has 0 aliphatic heterocycles. The van der Waals surface area contributed by atoms with E-state index in [1.165, 1.54) is 64.2 Å². The molecule has 0 atom stereocenters. The predicted octanol–water partition coefficient (Wildman–Crippen LogP) is 8.06. The third-order valence-corrected chi connectivity index (χ3v) is 6.56. The van der Waals surface area contributed by atoms with Gasteiger partial charge in [0.2, 0.25) is 0 Å². The quantitative estimate of drug-likeness (QED) is 0.219. The van der Waals surface area contributed by atoms with Gasteiger partial charge < -0.3 is 8.85 Å². The zero-order chi connectivity index (χ0) is 19.3. The van der Waals surface area contributed by atoms with Crippen molar-refractivity contribution in [1.82, 2.24) is 0 Å². The number of hydrogen-bond donors (Lipinski definition) is 0. The summed E-state index contributed by atoms with van der Waals surface area (Å²) in [4.78, 5) is 0. The van der Waals surface area contributed by atoms with Crippen LogP contribution in [0.3, 0.4) is 0 Å². The lowest BCUT2D eigenvalue weighted by atomic mass is 10.1. The van der Waals surface area contributed by atoms with Crippen molar-refractivity contribution in [3.05, 3.63) is 28.8 Å². The van der Waals surface area contributed by atoms with Crippen molar-refractivity contribution in [2.24, 2.45) is 0 Å². The Kier molecular flexibility index (Phi) is 12.3. The Morgan fingerprint density at radius 2 is 1.38 bits per heavy atom. The second-order valence-electron chi connectivity index (χ2n) is 7.82. The Bertz CT molecular complexity index is 491. The summed E-state index contributed by atoms with van der Waals surface area (Å²) in [5.74, 6) is 0.752. The molecule has 1 aromatic carbocycles. The number of rotatable bonds is 15. The molecule has 26 heavy (non-hydrogen) atoms. The van der Waals surface area contributed by atoms with Crippen LogP contribution in [0.25, 0.3) is 0 Å². The van der Waals surface area contributed by atoms with Gasteiger partial charge in [-0.2, -0.15) is 0 Å². The first-order chi connectivity index (χ1) is 12.4. The van der Waals surface area contributed by atoms with Crippen molar-refractivity contribution >= 4 is 20.2 Å². The van der Waals surface area contributed by atoms with E-state index in [0.717, 1.165) is 24.3 Å². The first-order valence-corrected chi connectivity index (χ1v) is 13.7. The molecule has 0 N–H and O–H groups in total. The molecule has 0 bridgehead atoms. The van der Waals surface area contributed by atoms with Crippen LogP contribution in [-0.4, -0.2) is 15.2 Å². The standard InChI is InChI=1S/C22H39ClO2Si/c1-5-6-7-8-9-10-11-12-13-14-15-18-24-26(3,4)25-22-19-20(2)16-17-21(22)23/h16-17,19H,5-15,18H2,1-4H3. The lowest BCUT2D eigenvalue weighted by molar-refractivity contribution is 0.240. The highest BCUT2D eigenvalue weighted by Crippen LogP contribution is 2.28. The molecule has 2 nitrogen and oxygen atoms in total. The van der Waals surface area contributed by atoms with Gasteiger partial charge in [0.05, 0.1) is 5.02 Å². The second-order valence-corrected chi connectivity index (χ2v) is 11.5. The van der Waals surface area contributed by atoms with Crippen molar-refractivity contribution in [1.29, 1.82) is 0 Å². The molecule has 0 aliphatic carbocycles. The van der Waals surface area contributed by atoms with E-state index in [0.29, 0.717) is 5.02 Å². The maximum atomic E-state index is 6.22. The van der Waals surface area contributed by atoms with Gasteiger partial charge in [0.1, 0.15) is 5.75 Å². The maximum Gasteiger partial charge on any atom is 0.392 e. The van der Waals surface area contributed by atoms with Gasteiger partial charge in [0, 0.05) is 6.61 Å². The molecule has 4 heteroatoms. The van der Waals surface area contributed by atoms with Crippen molar-refractivity contribution in [2.75, 3.05) is 6.61 Å². The van der Waals surface area contributed by atoms with Crippen molar-refractivity contribution in [3.8, 4) is 5.75 Å². The third kappa shape index (κ3) is 11.3. The summed E-state index contributed by atoms with van der Waals surface area (Å²) in [5, 5.41) is 0.662. The second kappa shape index (κ2) is 13.6. The van der Waals surface area contributed by atoms with E-state index in [1.807, 2.05) is 25.1 Å². The van der Waals surface area contributed by atoms with E-state index in [2.05, 4.69) is 20.0 Å². The van der Waals surface area contributed by atoms with Crippen molar-refractivity contribution in [2.45, 2.75) is 97.6 Å². The van der Waals surface area contributed by atoms with Crippen molar-refractivity contribution < 1.29 is 8.85 Å². The highest BCUT2D eigenvalue weighted by molar-refractivity contribution is 6.65. The van der Waals surface area contributed by atoms with Crippen LogP contribution >= 0.6 is 11.6 Å². The molecule has 1 aromatic rings. The Labute approximate surface area is 167 Å². The Morgan fingerprint density at radius 3 is 1.96 bits per heavy atom. The highest BCUT2D eigenvalue weighted by Gasteiger charge is 2.27. The van der Waals surface area contributed by atoms with Crippen LogP contribution < -0.4 is 4.43 Å². The smallest absolute Gasteiger partial charge is 0.392 e. The normalized spacial score (nSPS) is 11.7. The van der Waals surface area contributed by atoms with E-state index in [1.54, 1.807) is 0 Å². The zero-order valence-electron chi connectivity index (χ0n) is 17.4. The van der Waals surface area contributed by atoms with E-state index in [-0.39, 0.29) is 0 Å². The van der Waals surface area contributed by atoms with Gasteiger partial charge in [0.15, 0.2) is 0 Å². The van der Waals surface area contributed by atoms with Crippen LogP contribution in [0.15, 0.2) is 18.2 Å². The first-order valence-electron chi connectivity index (χ1n) is 10.5. The first kappa shape index (κ1) is 23.5. The summed E-state index contributed by atoms with van der Waals surface area (Å²) in [6.45, 7) is 9.29. The van der Waals surface area contributed by atoms with E-state index in [4.69, 9.17) is 20.5 Å². The van der Waals surface area contributed by atoms with Crippen LogP contribution in [0, 0.1) is 6.92 Å². The largest absolute Gasteiger partial charge is 0.519 e. The Hall–Kier alpha value is -0.513. The van der Waals surface area contributed by atoms with Gasteiger partial charge in [-0.25, -0.2) is 0 Å². The van der Waals surface area contributed by atoms with Crippen LogP contribution in [0.5, 0.6) is 5.75 Å². The topological polar surface area (TPSA) is 18.5 Å². The predicted molar refractivity (Wildman–Crippen MR) is 117 cm³/mol. The van der Waals surface area contributed by atoms with Crippen LogP contribution in [0.2, 0.25) is 18.1 Å². The van der Waals surface area contributed by atoms with Crippen LogP contribution in [0.4, 0.5) is 0 Å². The summed E-state index contributed by atoms with van der Waals surface area (Å²) in [6.07, 6.45) is 14.9. The number of halogens is 1. The SMILES string of the molecule is CCCCCCCCCCCCCO[Si](C)(C)Oc1cc(C)ccc1Cl. The van der Waals surface area contributed by atoms with Gasteiger partial charge in [-0.15, -0.1) is 0 Å². The molecule has 0 aliphatic rings. The van der Waals surface area contributed by atoms with E-state index >= 15 is 0 Å². The average Bonchev–Trinajstić information content (AvgIpc) is 2.59. The number of unbranched alkanes of at least 4 members (excludes halogenated alkanes) is 10. The number of hydrogen-bond acceptors (Lipinski definition) is 2. The fourth-order valence-electron chi connectivity index (χ4n) is 3.07. The molecule has 0 spiro atoms. The molecule has 0 heterocycles. The van der Waals surface area contributed by atoms with Gasteiger partial charge in [0.25, 0.3) is 0 Å². The summed E-state index contributed by atoms with van der Waals surface area (Å²) < 4.78 is 12.2. The molecule has 0 amide bonds. The minimum Gasteiger partial charge on any atom is -0.519 e. The summed E-state index contributed by atoms with van der Waals surface area (Å²) in [6, 6.07) is 5.87. The van der Waals surface area contributed by atoms with Crippen LogP contribution in [0.1, 0.15) is 83.1 Å². The van der Waals surface area contributed by atoms with E-state index in [9.17, 15) is 0 Å². The fourth-order valence-corrected chi connectivity index (χ4v) is 4.68. The molecule has 0 fully saturated rings. The molecule has 0 saturated heterocycles. The summed E-state index contributed by atoms with van der Waals surface area (Å²) >= 11 is 6.22. The minimum atomic E-state index is -2.18. The Morgan fingerprint density at radius 1 is 0.846 bits per heavy atom. The van der Waals surface area contributed by atoms with E-state index < -0.39 is 8.56 Å². The average molecular weight is 399 g/mol. The Balaban J connectivity index is 2.05. The number of aryl methyl sites for hydroxylation is 1. The molecule has 1 rings (SSSR count). The molecule has 0 saturated carbocycles. The molecule has 0 aromatic heterocycles. The molecular weight excluding hydrogens is 360 g/mol. The number of benzene rings is 1. The summed E-state index contributed by atoms with van der Waals surface area (Å²) in [7, 11) is -2.18. The van der Waals surface area contributed by atoms with Gasteiger partial charge >= 0.3 is 8.56 Å². The minimum absolute atomic E-state index is 0.662. The zero-order valence-corrected chi connectivity index (χ0v) is 19.2. The summed E-state index contributed by atoms with van der Waals surface area (Å²) in [5.41, 5.74) is 1.15. The lowest BCUT2D eigenvalue weighted by Crippen LogP contribution is -2.38.